The monoisotopic (exact) mass is 580 g/mol. The lowest BCUT2D eigenvalue weighted by Crippen LogP contribution is -2.58. The largest absolute Gasteiger partial charge is 0.618 e. The van der Waals surface area contributed by atoms with Gasteiger partial charge in [-0.15, -0.1) is 0 Å². The summed E-state index contributed by atoms with van der Waals surface area (Å²) in [7, 11) is 0. The number of pyridine rings is 1. The molecule has 6 nitrogen and oxygen atoms in total. The van der Waals surface area contributed by atoms with E-state index in [9.17, 15) is 23.2 Å². The summed E-state index contributed by atoms with van der Waals surface area (Å²) in [6.45, 7) is 9.45. The van der Waals surface area contributed by atoms with Crippen LogP contribution in [0, 0.1) is 19.1 Å². The Labute approximate surface area is 245 Å². The molecule has 42 heavy (non-hydrogen) atoms. The summed E-state index contributed by atoms with van der Waals surface area (Å²) in [5, 5.41) is 12.1. The molecule has 2 aliphatic heterocycles. The van der Waals surface area contributed by atoms with Crippen molar-refractivity contribution in [2.75, 3.05) is 32.7 Å². The summed E-state index contributed by atoms with van der Waals surface area (Å²) < 4.78 is 40.2. The van der Waals surface area contributed by atoms with Crippen LogP contribution in [0.2, 0.25) is 0 Å². The predicted molar refractivity (Wildman–Crippen MR) is 156 cm³/mol. The second kappa shape index (κ2) is 12.4. The van der Waals surface area contributed by atoms with E-state index in [2.05, 4.69) is 28.9 Å². The van der Waals surface area contributed by atoms with E-state index in [0.717, 1.165) is 54.8 Å². The van der Waals surface area contributed by atoms with Crippen molar-refractivity contribution in [1.82, 2.24) is 14.7 Å². The van der Waals surface area contributed by atoms with Gasteiger partial charge in [0.25, 0.3) is 5.91 Å². The Bertz CT molecular complexity index is 1370. The smallest absolute Gasteiger partial charge is 0.416 e. The van der Waals surface area contributed by atoms with Crippen molar-refractivity contribution >= 4 is 5.91 Å². The first-order valence-corrected chi connectivity index (χ1v) is 14.7. The van der Waals surface area contributed by atoms with Gasteiger partial charge in [-0.05, 0) is 61.9 Å². The first-order chi connectivity index (χ1) is 20.0. The number of alkyl halides is 3. The van der Waals surface area contributed by atoms with E-state index in [-0.39, 0.29) is 18.0 Å². The fourth-order valence-electron chi connectivity index (χ4n) is 6.63. The van der Waals surface area contributed by atoms with Crippen molar-refractivity contribution in [3.8, 4) is 0 Å². The summed E-state index contributed by atoms with van der Waals surface area (Å²) in [5.41, 5.74) is 3.24. The van der Waals surface area contributed by atoms with Crippen molar-refractivity contribution in [2.24, 2.45) is 0 Å². The summed E-state index contributed by atoms with van der Waals surface area (Å²) in [4.78, 5) is 20.2. The van der Waals surface area contributed by atoms with Gasteiger partial charge >= 0.3 is 6.18 Å². The first-order valence-electron chi connectivity index (χ1n) is 14.7. The maximum absolute atomic E-state index is 13.4. The lowest BCUT2D eigenvalue weighted by atomic mass is 9.94. The minimum atomic E-state index is -4.35. The number of aromatic nitrogens is 1. The van der Waals surface area contributed by atoms with Crippen LogP contribution in [0.3, 0.4) is 0 Å². The van der Waals surface area contributed by atoms with E-state index in [0.29, 0.717) is 30.4 Å². The van der Waals surface area contributed by atoms with Gasteiger partial charge in [0.15, 0.2) is 6.20 Å². The van der Waals surface area contributed by atoms with E-state index in [1.165, 1.54) is 23.9 Å². The van der Waals surface area contributed by atoms with Gasteiger partial charge in [0.2, 0.25) is 5.69 Å². The number of carbonyl (C=O) groups excluding carboxylic acids is 1. The number of benzene rings is 2. The van der Waals surface area contributed by atoms with Gasteiger partial charge in [0.05, 0.1) is 5.56 Å². The molecule has 2 fully saturated rings. The Morgan fingerprint density at radius 1 is 0.976 bits per heavy atom. The molecule has 0 spiro atoms. The normalized spacial score (nSPS) is 20.0. The molecule has 0 bridgehead atoms. The third kappa shape index (κ3) is 6.47. The fraction of sp³-hybridized carbons (Fsp3) is 0.455. The number of aryl methyl sites for hydroxylation is 1. The Morgan fingerprint density at radius 2 is 1.64 bits per heavy atom. The second-order valence-electron chi connectivity index (χ2n) is 11.7. The number of amides is 1. The maximum atomic E-state index is 13.4. The van der Waals surface area contributed by atoms with Crippen molar-refractivity contribution in [3.05, 3.63) is 106 Å². The highest BCUT2D eigenvalue weighted by Gasteiger charge is 2.37. The number of likely N-dealkylation sites (tertiary alicyclic amines) is 1. The van der Waals surface area contributed by atoms with Gasteiger partial charge in [-0.1, -0.05) is 42.5 Å². The zero-order valence-electron chi connectivity index (χ0n) is 24.5. The summed E-state index contributed by atoms with van der Waals surface area (Å²) in [6, 6.07) is 18.1. The van der Waals surface area contributed by atoms with Crippen LogP contribution in [0.1, 0.15) is 64.1 Å². The quantitative estimate of drug-likeness (QED) is 0.284. The first kappa shape index (κ1) is 30.0. The third-order valence-electron chi connectivity index (χ3n) is 9.12. The van der Waals surface area contributed by atoms with Gasteiger partial charge in [0.1, 0.15) is 5.56 Å². The Hall–Kier alpha value is -3.43. The minimum absolute atomic E-state index is 0.0243. The molecule has 2 aliphatic rings. The lowest BCUT2D eigenvalue weighted by molar-refractivity contribution is -0.612. The zero-order valence-corrected chi connectivity index (χ0v) is 24.5. The van der Waals surface area contributed by atoms with E-state index in [1.54, 1.807) is 25.1 Å². The van der Waals surface area contributed by atoms with Crippen LogP contribution < -0.4 is 4.73 Å². The number of carbonyl (C=O) groups is 1. The average Bonchev–Trinajstić information content (AvgIpc) is 2.99. The molecule has 2 aromatic carbocycles. The fourth-order valence-corrected chi connectivity index (χ4v) is 6.63. The zero-order chi connectivity index (χ0) is 30.0. The highest BCUT2D eigenvalue weighted by molar-refractivity contribution is 5.96. The molecule has 3 aromatic rings. The van der Waals surface area contributed by atoms with Gasteiger partial charge < -0.3 is 10.1 Å². The molecule has 1 aromatic heterocycles. The summed E-state index contributed by atoms with van der Waals surface area (Å²) in [5.74, 6) is -0.0780. The number of halogens is 3. The van der Waals surface area contributed by atoms with E-state index in [4.69, 9.17) is 0 Å². The topological polar surface area (TPSA) is 53.7 Å². The Morgan fingerprint density at radius 3 is 2.29 bits per heavy atom. The van der Waals surface area contributed by atoms with Gasteiger partial charge in [-0.2, -0.15) is 17.9 Å². The third-order valence-corrected chi connectivity index (χ3v) is 9.12. The molecule has 5 rings (SSSR count). The summed E-state index contributed by atoms with van der Waals surface area (Å²) >= 11 is 0. The number of piperazine rings is 1. The number of piperidine rings is 1. The highest BCUT2D eigenvalue weighted by atomic mass is 19.4. The molecule has 0 unspecified atom stereocenters. The molecule has 0 radical (unpaired) electrons. The molecule has 1 amide bonds. The molecule has 9 heteroatoms. The number of hydrogen-bond donors (Lipinski definition) is 0. The van der Waals surface area contributed by atoms with E-state index in [1.807, 2.05) is 30.0 Å². The number of nitrogens with zero attached hydrogens (tertiary/aromatic N) is 4. The Kier molecular flexibility index (Phi) is 8.89. The molecule has 2 saturated heterocycles. The number of rotatable bonds is 6. The van der Waals surface area contributed by atoms with E-state index < -0.39 is 11.7 Å². The minimum Gasteiger partial charge on any atom is -0.618 e. The van der Waals surface area contributed by atoms with Gasteiger partial charge in [-0.25, -0.2) is 0 Å². The maximum Gasteiger partial charge on any atom is 0.416 e. The van der Waals surface area contributed by atoms with Gasteiger partial charge in [0, 0.05) is 63.8 Å². The van der Waals surface area contributed by atoms with Crippen molar-refractivity contribution in [2.45, 2.75) is 64.3 Å². The number of hydrogen-bond acceptors (Lipinski definition) is 4. The molecule has 3 heterocycles. The van der Waals surface area contributed by atoms with Crippen LogP contribution in [0.15, 0.2) is 66.9 Å². The van der Waals surface area contributed by atoms with Crippen LogP contribution >= 0.6 is 0 Å². The lowest BCUT2D eigenvalue weighted by Gasteiger charge is -2.48. The standard InChI is InChI=1S/C33H39F3N4O2/c1-23-13-18-40(42)25(3)31(23)32(41)37-16-14-29(15-17-37)38-19-20-39(30(22-38)21-26-7-5-4-6-8-26)24(2)27-9-11-28(12-10-27)33(34,35)36/h4-13,18,24,29-30H,14-17,19-22H2,1-3H3/t24-,30-/m0/s1. The summed E-state index contributed by atoms with van der Waals surface area (Å²) in [6.07, 6.45) is -0.333. The highest BCUT2D eigenvalue weighted by Crippen LogP contribution is 2.33. The molecular formula is C33H39F3N4O2. The van der Waals surface area contributed by atoms with Crippen LogP contribution in [0.4, 0.5) is 13.2 Å². The van der Waals surface area contributed by atoms with Crippen LogP contribution in [0.25, 0.3) is 0 Å². The molecule has 224 valence electrons. The van der Waals surface area contributed by atoms with Crippen LogP contribution in [-0.4, -0.2) is 65.4 Å². The average molecular weight is 581 g/mol. The second-order valence-corrected chi connectivity index (χ2v) is 11.7. The molecule has 2 atom stereocenters. The van der Waals surface area contributed by atoms with E-state index >= 15 is 0 Å². The van der Waals surface area contributed by atoms with Crippen LogP contribution in [0.5, 0.6) is 0 Å². The van der Waals surface area contributed by atoms with Crippen molar-refractivity contribution in [3.63, 3.8) is 0 Å². The van der Waals surface area contributed by atoms with Crippen molar-refractivity contribution < 1.29 is 22.7 Å². The van der Waals surface area contributed by atoms with Crippen molar-refractivity contribution in [1.29, 1.82) is 0 Å². The molecule has 0 saturated carbocycles. The van der Waals surface area contributed by atoms with Gasteiger partial charge in [-0.3, -0.25) is 14.6 Å². The SMILES string of the molecule is Cc1cc[n+]([O-])c(C)c1C(=O)N1CCC(N2CCN([C@@H](C)c3ccc(C(F)(F)F)cc3)[C@@H](Cc3ccccc3)C2)CC1. The molecule has 0 aliphatic carbocycles. The Balaban J connectivity index is 1.27. The predicted octanol–water partition coefficient (Wildman–Crippen LogP) is 5.55. The molecular weight excluding hydrogens is 541 g/mol. The molecule has 0 N–H and O–H groups in total. The van der Waals surface area contributed by atoms with Crippen LogP contribution in [-0.2, 0) is 12.6 Å².